The first kappa shape index (κ1) is 25.3. The first-order valence-corrected chi connectivity index (χ1v) is 14.7. The van der Waals surface area contributed by atoms with Gasteiger partial charge in [0.15, 0.2) is 25.5 Å². The lowest BCUT2D eigenvalue weighted by atomic mass is 10.1. The Morgan fingerprint density at radius 3 is 1.83 bits per heavy atom. The molecular weight excluding hydrogens is 496 g/mol. The van der Waals surface area contributed by atoms with Crippen LogP contribution in [0.25, 0.3) is 23.0 Å². The van der Waals surface area contributed by atoms with Gasteiger partial charge in [0.2, 0.25) is 0 Å². The van der Waals surface area contributed by atoms with Crippen LogP contribution >= 0.6 is 0 Å². The van der Waals surface area contributed by atoms with Gasteiger partial charge in [-0.15, -0.1) is 0 Å². The number of aryl methyl sites for hydroxylation is 1. The van der Waals surface area contributed by atoms with Crippen LogP contribution in [-0.4, -0.2) is 44.9 Å². The van der Waals surface area contributed by atoms with Gasteiger partial charge in [-0.05, 0) is 67.6 Å². The lowest BCUT2D eigenvalue weighted by molar-refractivity contribution is 0.104. The van der Waals surface area contributed by atoms with E-state index in [9.17, 15) is 21.6 Å². The molecule has 4 aromatic rings. The number of allylic oxidation sites excluding steroid dienone is 1. The van der Waals surface area contributed by atoms with Crippen molar-refractivity contribution in [3.8, 4) is 16.9 Å². The predicted octanol–water partition coefficient (Wildman–Crippen LogP) is 4.55. The van der Waals surface area contributed by atoms with E-state index in [2.05, 4.69) is 0 Å². The van der Waals surface area contributed by atoms with E-state index in [0.29, 0.717) is 22.4 Å². The van der Waals surface area contributed by atoms with Crippen molar-refractivity contribution in [1.29, 1.82) is 0 Å². The van der Waals surface area contributed by atoms with Gasteiger partial charge < -0.3 is 0 Å². The number of carbonyl (C=O) groups excluding carboxylic acids is 1. The quantitative estimate of drug-likeness (QED) is 0.262. The highest BCUT2D eigenvalue weighted by Crippen LogP contribution is 2.26. The molecule has 36 heavy (non-hydrogen) atoms. The minimum atomic E-state index is -3.35. The third-order valence-electron chi connectivity index (χ3n) is 5.58. The molecule has 0 aliphatic heterocycles. The summed E-state index contributed by atoms with van der Waals surface area (Å²) in [5.41, 5.74) is 4.21. The van der Waals surface area contributed by atoms with Crippen LogP contribution in [0, 0.1) is 6.92 Å². The van der Waals surface area contributed by atoms with Crippen molar-refractivity contribution < 1.29 is 21.6 Å². The van der Waals surface area contributed by atoms with E-state index >= 15 is 0 Å². The third kappa shape index (κ3) is 5.69. The molecule has 0 radical (unpaired) electrons. The molecule has 3 aromatic carbocycles. The molecule has 0 saturated carbocycles. The van der Waals surface area contributed by atoms with Gasteiger partial charge in [0, 0.05) is 35.4 Å². The SMILES string of the molecule is Cc1ccc(-n2cc(/C=C/C(=O)c3ccc(S(C)(=O)=O)cc3)c(-c3ccc(S(C)(=O)=O)cc3)n2)cc1. The number of hydrogen-bond acceptors (Lipinski definition) is 6. The van der Waals surface area contributed by atoms with Gasteiger partial charge in [-0.2, -0.15) is 5.10 Å². The second kappa shape index (κ2) is 9.67. The number of nitrogens with zero attached hydrogens (tertiary/aromatic N) is 2. The second-order valence-electron chi connectivity index (χ2n) is 8.50. The number of rotatable bonds is 7. The predicted molar refractivity (Wildman–Crippen MR) is 140 cm³/mol. The summed E-state index contributed by atoms with van der Waals surface area (Å²) in [6.07, 6.45) is 7.10. The molecule has 0 fully saturated rings. The minimum absolute atomic E-state index is 0.141. The normalized spacial score (nSPS) is 12.2. The van der Waals surface area contributed by atoms with Gasteiger partial charge in [-0.25, -0.2) is 21.5 Å². The van der Waals surface area contributed by atoms with Gasteiger partial charge in [0.05, 0.1) is 21.2 Å². The van der Waals surface area contributed by atoms with Crippen LogP contribution in [-0.2, 0) is 19.7 Å². The van der Waals surface area contributed by atoms with Crippen LogP contribution in [0.4, 0.5) is 0 Å². The summed E-state index contributed by atoms with van der Waals surface area (Å²) in [4.78, 5) is 13.1. The average Bonchev–Trinajstić information content (AvgIpc) is 3.26. The van der Waals surface area contributed by atoms with Gasteiger partial charge in [0.25, 0.3) is 0 Å². The smallest absolute Gasteiger partial charge is 0.185 e. The summed E-state index contributed by atoms with van der Waals surface area (Å²) >= 11 is 0. The van der Waals surface area contributed by atoms with Crippen molar-refractivity contribution in [3.63, 3.8) is 0 Å². The maximum Gasteiger partial charge on any atom is 0.185 e. The number of aromatic nitrogens is 2. The van der Waals surface area contributed by atoms with E-state index < -0.39 is 19.7 Å². The van der Waals surface area contributed by atoms with E-state index in [1.54, 1.807) is 29.1 Å². The molecule has 9 heteroatoms. The molecule has 0 N–H and O–H groups in total. The van der Waals surface area contributed by atoms with Crippen LogP contribution in [0.3, 0.4) is 0 Å². The van der Waals surface area contributed by atoms with Crippen molar-refractivity contribution >= 4 is 31.5 Å². The van der Waals surface area contributed by atoms with Gasteiger partial charge in [-0.3, -0.25) is 4.79 Å². The van der Waals surface area contributed by atoms with Crippen LogP contribution in [0.15, 0.2) is 94.9 Å². The molecule has 1 aromatic heterocycles. The summed E-state index contributed by atoms with van der Waals surface area (Å²) in [5, 5.41) is 4.70. The van der Waals surface area contributed by atoms with Crippen molar-refractivity contribution in [2.24, 2.45) is 0 Å². The largest absolute Gasteiger partial charge is 0.289 e. The van der Waals surface area contributed by atoms with E-state index in [-0.39, 0.29) is 15.6 Å². The molecule has 184 valence electrons. The molecule has 0 atom stereocenters. The Morgan fingerprint density at radius 1 is 0.778 bits per heavy atom. The molecule has 0 aliphatic rings. The minimum Gasteiger partial charge on any atom is -0.289 e. The first-order chi connectivity index (χ1) is 16.9. The summed E-state index contributed by atoms with van der Waals surface area (Å²) in [7, 11) is -6.69. The molecule has 0 unspecified atom stereocenters. The maximum atomic E-state index is 12.8. The Balaban J connectivity index is 1.72. The van der Waals surface area contributed by atoms with E-state index in [1.165, 1.54) is 42.5 Å². The second-order valence-corrected chi connectivity index (χ2v) is 12.5. The van der Waals surface area contributed by atoms with Crippen LogP contribution in [0.1, 0.15) is 21.5 Å². The Labute approximate surface area is 210 Å². The molecule has 0 aliphatic carbocycles. The van der Waals surface area contributed by atoms with Crippen LogP contribution in [0.5, 0.6) is 0 Å². The van der Waals surface area contributed by atoms with Crippen LogP contribution in [0.2, 0.25) is 0 Å². The van der Waals surface area contributed by atoms with Gasteiger partial charge >= 0.3 is 0 Å². The zero-order valence-electron chi connectivity index (χ0n) is 19.9. The fourth-order valence-corrected chi connectivity index (χ4v) is 4.81. The fraction of sp³-hybridized carbons (Fsp3) is 0.111. The van der Waals surface area contributed by atoms with Gasteiger partial charge in [0.1, 0.15) is 0 Å². The van der Waals surface area contributed by atoms with E-state index in [0.717, 1.165) is 23.8 Å². The van der Waals surface area contributed by atoms with Gasteiger partial charge in [-0.1, -0.05) is 29.8 Å². The summed E-state index contributed by atoms with van der Waals surface area (Å²) < 4.78 is 48.7. The fourth-order valence-electron chi connectivity index (χ4n) is 3.55. The standard InChI is InChI=1S/C27H24N2O5S2/c1-19-4-11-23(12-5-19)29-18-22(27(28-29)21-8-15-25(16-9-21)36(3,33)34)10-17-26(30)20-6-13-24(14-7-20)35(2,31)32/h4-18H,1-3H3/b17-10+. The van der Waals surface area contributed by atoms with Crippen LogP contribution < -0.4 is 0 Å². The maximum absolute atomic E-state index is 12.8. The molecule has 0 saturated heterocycles. The number of carbonyl (C=O) groups is 1. The summed E-state index contributed by atoms with van der Waals surface area (Å²) in [6, 6.07) is 20.0. The molecule has 0 bridgehead atoms. The molecule has 4 rings (SSSR count). The Bertz CT molecular complexity index is 1660. The Morgan fingerprint density at radius 2 is 1.31 bits per heavy atom. The van der Waals surface area contributed by atoms with E-state index in [1.807, 2.05) is 31.2 Å². The lowest BCUT2D eigenvalue weighted by Crippen LogP contribution is -1.99. The third-order valence-corrected chi connectivity index (χ3v) is 7.84. The van der Waals surface area contributed by atoms with E-state index in [4.69, 9.17) is 5.10 Å². The molecular formula is C27H24N2O5S2. The number of sulfone groups is 2. The Hall–Kier alpha value is -3.82. The highest BCUT2D eigenvalue weighted by atomic mass is 32.2. The highest BCUT2D eigenvalue weighted by Gasteiger charge is 2.14. The average molecular weight is 521 g/mol. The first-order valence-electron chi connectivity index (χ1n) is 10.9. The van der Waals surface area contributed by atoms with Crippen molar-refractivity contribution in [1.82, 2.24) is 9.78 Å². The zero-order chi connectivity index (χ0) is 26.1. The number of ketones is 1. The highest BCUT2D eigenvalue weighted by molar-refractivity contribution is 7.91. The monoisotopic (exact) mass is 520 g/mol. The zero-order valence-corrected chi connectivity index (χ0v) is 21.5. The molecule has 0 amide bonds. The topological polar surface area (TPSA) is 103 Å². The van der Waals surface area contributed by atoms with Crippen molar-refractivity contribution in [3.05, 3.63) is 102 Å². The lowest BCUT2D eigenvalue weighted by Gasteiger charge is -2.03. The van der Waals surface area contributed by atoms with Crippen molar-refractivity contribution in [2.75, 3.05) is 12.5 Å². The van der Waals surface area contributed by atoms with Crippen molar-refractivity contribution in [2.45, 2.75) is 16.7 Å². The number of benzene rings is 3. The Kier molecular flexibility index (Phi) is 6.79. The number of hydrogen-bond donors (Lipinski definition) is 0. The summed E-state index contributed by atoms with van der Waals surface area (Å²) in [5.74, 6) is -0.295. The molecule has 0 spiro atoms. The molecule has 7 nitrogen and oxygen atoms in total. The summed E-state index contributed by atoms with van der Waals surface area (Å²) in [6.45, 7) is 1.99. The molecule has 1 heterocycles.